The SMILES string of the molecule is COP(=O)(O)CS. The summed E-state index contributed by atoms with van der Waals surface area (Å²) in [6.07, 6.45) is 0. The molecule has 44 valence electrons. The first kappa shape index (κ1) is 7.50. The molecule has 0 aromatic rings. The van der Waals surface area contributed by atoms with E-state index in [0.717, 1.165) is 0 Å². The summed E-state index contributed by atoms with van der Waals surface area (Å²) in [7, 11) is -2.11. The van der Waals surface area contributed by atoms with E-state index in [1.165, 1.54) is 7.11 Å². The van der Waals surface area contributed by atoms with E-state index in [1.54, 1.807) is 0 Å². The van der Waals surface area contributed by atoms with Crippen LogP contribution in [0.1, 0.15) is 0 Å². The summed E-state index contributed by atoms with van der Waals surface area (Å²) < 4.78 is 14.3. The second-order valence-corrected chi connectivity index (χ2v) is 3.73. The molecule has 0 saturated heterocycles. The zero-order valence-electron chi connectivity index (χ0n) is 3.87. The average Bonchev–Trinajstić information content (AvgIpc) is 1.68. The molecule has 0 heterocycles. The zero-order chi connectivity index (χ0) is 5.91. The van der Waals surface area contributed by atoms with Crippen molar-refractivity contribution < 1.29 is 14.0 Å². The third-order valence-electron chi connectivity index (χ3n) is 0.464. The first-order valence-electron chi connectivity index (χ1n) is 1.61. The van der Waals surface area contributed by atoms with Gasteiger partial charge in [0.25, 0.3) is 0 Å². The lowest BCUT2D eigenvalue weighted by molar-refractivity contribution is 0.321. The van der Waals surface area contributed by atoms with Crippen LogP contribution in [0.4, 0.5) is 0 Å². The van der Waals surface area contributed by atoms with Crippen molar-refractivity contribution in [3.05, 3.63) is 0 Å². The van der Waals surface area contributed by atoms with E-state index in [1.807, 2.05) is 0 Å². The summed E-state index contributed by atoms with van der Waals surface area (Å²) in [5.41, 5.74) is -0.122. The van der Waals surface area contributed by atoms with Gasteiger partial charge in [-0.05, 0) is 0 Å². The Morgan fingerprint density at radius 1 is 2.00 bits per heavy atom. The molecule has 3 nitrogen and oxygen atoms in total. The molecule has 1 N–H and O–H groups in total. The average molecular weight is 142 g/mol. The van der Waals surface area contributed by atoms with Crippen LogP contribution >= 0.6 is 20.2 Å². The molecule has 0 radical (unpaired) electrons. The van der Waals surface area contributed by atoms with Crippen molar-refractivity contribution in [1.29, 1.82) is 0 Å². The molecule has 0 aliphatic carbocycles. The molecular weight excluding hydrogens is 135 g/mol. The highest BCUT2D eigenvalue weighted by molar-refractivity contribution is 7.88. The summed E-state index contributed by atoms with van der Waals surface area (Å²) in [5, 5.41) is 0. The molecule has 0 aliphatic rings. The van der Waals surface area contributed by atoms with E-state index in [0.29, 0.717) is 0 Å². The van der Waals surface area contributed by atoms with Gasteiger partial charge in [0.1, 0.15) is 0 Å². The van der Waals surface area contributed by atoms with Crippen LogP contribution in [0.3, 0.4) is 0 Å². The molecule has 0 aliphatic heterocycles. The normalized spacial score (nSPS) is 18.7. The van der Waals surface area contributed by atoms with Gasteiger partial charge in [0.2, 0.25) is 0 Å². The van der Waals surface area contributed by atoms with Gasteiger partial charge in [-0.15, -0.1) is 0 Å². The van der Waals surface area contributed by atoms with Crippen LogP contribution in [0.2, 0.25) is 0 Å². The minimum absolute atomic E-state index is 0.122. The van der Waals surface area contributed by atoms with Crippen molar-refractivity contribution in [3.63, 3.8) is 0 Å². The lowest BCUT2D eigenvalue weighted by atomic mass is 11.8. The van der Waals surface area contributed by atoms with Gasteiger partial charge in [-0.1, -0.05) is 0 Å². The van der Waals surface area contributed by atoms with Crippen LogP contribution in [0.5, 0.6) is 0 Å². The van der Waals surface area contributed by atoms with E-state index in [2.05, 4.69) is 17.2 Å². The summed E-state index contributed by atoms with van der Waals surface area (Å²) >= 11 is 3.54. The third-order valence-corrected chi connectivity index (χ3v) is 2.46. The molecule has 1 unspecified atom stereocenters. The molecule has 0 saturated carbocycles. The Bertz CT molecular complexity index is 84.9. The highest BCUT2D eigenvalue weighted by Crippen LogP contribution is 2.40. The Hall–Kier alpha value is 0.500. The van der Waals surface area contributed by atoms with Crippen LogP contribution in [-0.2, 0) is 9.09 Å². The van der Waals surface area contributed by atoms with E-state index in [9.17, 15) is 4.57 Å². The van der Waals surface area contributed by atoms with Gasteiger partial charge < -0.3 is 9.42 Å². The number of thiol groups is 1. The standard InChI is InChI=1S/C2H7O3PS/c1-5-6(3,4)2-7/h7H,2H2,1H3,(H,3,4). The predicted molar refractivity (Wildman–Crippen MR) is 30.7 cm³/mol. The fourth-order valence-electron chi connectivity index (χ4n) is 0.0577. The topological polar surface area (TPSA) is 46.5 Å². The predicted octanol–water partition coefficient (Wildman–Crippen LogP) is 0.705. The van der Waals surface area contributed by atoms with Crippen LogP contribution in [0.25, 0.3) is 0 Å². The molecule has 0 spiro atoms. The fraction of sp³-hybridized carbons (Fsp3) is 1.00. The second kappa shape index (κ2) is 2.72. The zero-order valence-corrected chi connectivity index (χ0v) is 5.65. The van der Waals surface area contributed by atoms with Gasteiger partial charge in [-0.3, -0.25) is 4.57 Å². The van der Waals surface area contributed by atoms with Crippen molar-refractivity contribution in [1.82, 2.24) is 0 Å². The Morgan fingerprint density at radius 3 is 2.43 bits per heavy atom. The first-order valence-corrected chi connectivity index (χ1v) is 4.00. The Labute approximate surface area is 47.6 Å². The molecule has 0 rings (SSSR count). The van der Waals surface area contributed by atoms with Crippen LogP contribution in [-0.4, -0.2) is 17.5 Å². The maximum absolute atomic E-state index is 10.2. The Morgan fingerprint density at radius 2 is 2.43 bits per heavy atom. The second-order valence-electron chi connectivity index (χ2n) is 0.961. The van der Waals surface area contributed by atoms with Crippen LogP contribution < -0.4 is 0 Å². The van der Waals surface area contributed by atoms with Gasteiger partial charge in [0, 0.05) is 7.11 Å². The van der Waals surface area contributed by atoms with Gasteiger partial charge >= 0.3 is 7.60 Å². The van der Waals surface area contributed by atoms with Crippen molar-refractivity contribution >= 4 is 20.2 Å². The first-order chi connectivity index (χ1) is 3.12. The highest BCUT2D eigenvalue weighted by atomic mass is 32.1. The molecule has 0 fully saturated rings. The van der Waals surface area contributed by atoms with E-state index < -0.39 is 7.60 Å². The molecule has 0 aromatic heterocycles. The van der Waals surface area contributed by atoms with E-state index in [-0.39, 0.29) is 5.49 Å². The maximum Gasteiger partial charge on any atom is 0.337 e. The molecule has 1 atom stereocenters. The van der Waals surface area contributed by atoms with Crippen LogP contribution in [0.15, 0.2) is 0 Å². The van der Waals surface area contributed by atoms with Gasteiger partial charge in [-0.2, -0.15) is 12.6 Å². The quantitative estimate of drug-likeness (QED) is 0.440. The van der Waals surface area contributed by atoms with E-state index >= 15 is 0 Å². The van der Waals surface area contributed by atoms with Crippen LogP contribution in [0, 0.1) is 0 Å². The Kier molecular flexibility index (Phi) is 2.92. The van der Waals surface area contributed by atoms with Gasteiger partial charge in [0.05, 0.1) is 5.49 Å². The molecule has 7 heavy (non-hydrogen) atoms. The minimum Gasteiger partial charge on any atom is -0.324 e. The molecule has 0 bridgehead atoms. The van der Waals surface area contributed by atoms with E-state index in [4.69, 9.17) is 4.89 Å². The van der Waals surface area contributed by atoms with Crippen molar-refractivity contribution in [3.8, 4) is 0 Å². The third kappa shape index (κ3) is 3.12. The summed E-state index contributed by atoms with van der Waals surface area (Å²) in [5.74, 6) is 0. The van der Waals surface area contributed by atoms with Crippen molar-refractivity contribution in [2.45, 2.75) is 0 Å². The summed E-state index contributed by atoms with van der Waals surface area (Å²) in [4.78, 5) is 8.39. The summed E-state index contributed by atoms with van der Waals surface area (Å²) in [6.45, 7) is 0. The lowest BCUT2D eigenvalue weighted by Gasteiger charge is -2.01. The smallest absolute Gasteiger partial charge is 0.324 e. The number of hydrogen-bond donors (Lipinski definition) is 2. The number of rotatable bonds is 2. The largest absolute Gasteiger partial charge is 0.337 e. The fourth-order valence-corrected chi connectivity index (χ4v) is 0.520. The van der Waals surface area contributed by atoms with Crippen molar-refractivity contribution in [2.24, 2.45) is 0 Å². The molecular formula is C2H7O3PS. The highest BCUT2D eigenvalue weighted by Gasteiger charge is 2.11. The number of hydrogen-bond acceptors (Lipinski definition) is 3. The van der Waals surface area contributed by atoms with Gasteiger partial charge in [0.15, 0.2) is 0 Å². The monoisotopic (exact) mass is 142 g/mol. The van der Waals surface area contributed by atoms with Crippen molar-refractivity contribution in [2.75, 3.05) is 12.6 Å². The molecule has 0 amide bonds. The van der Waals surface area contributed by atoms with Gasteiger partial charge in [-0.25, -0.2) is 0 Å². The molecule has 0 aromatic carbocycles. The molecule has 5 heteroatoms. The Balaban J connectivity index is 3.61. The lowest BCUT2D eigenvalue weighted by Crippen LogP contribution is -1.81. The maximum atomic E-state index is 10.2. The summed E-state index contributed by atoms with van der Waals surface area (Å²) in [6, 6.07) is 0. The minimum atomic E-state index is -3.29.